The summed E-state index contributed by atoms with van der Waals surface area (Å²) in [7, 11) is 0. The van der Waals surface area contributed by atoms with E-state index in [1.54, 1.807) is 12.1 Å². The Morgan fingerprint density at radius 1 is 1.12 bits per heavy atom. The summed E-state index contributed by atoms with van der Waals surface area (Å²) in [4.78, 5) is 42.7. The molecule has 0 bridgehead atoms. The number of piperazine rings is 1. The molecule has 2 saturated heterocycles. The minimum atomic E-state index is -0.465. The average Bonchev–Trinajstić information content (AvgIpc) is 3.46. The Labute approximate surface area is 152 Å². The van der Waals surface area contributed by atoms with Crippen LogP contribution in [0.4, 0.5) is 10.5 Å². The molecule has 0 spiro atoms. The number of rotatable bonds is 3. The van der Waals surface area contributed by atoms with Crippen LogP contribution >= 0.6 is 0 Å². The zero-order valence-electron chi connectivity index (χ0n) is 15.0. The molecule has 0 radical (unpaired) electrons. The van der Waals surface area contributed by atoms with Crippen LogP contribution in [0.15, 0.2) is 24.3 Å². The van der Waals surface area contributed by atoms with Gasteiger partial charge in [-0.3, -0.25) is 24.7 Å². The third-order valence-corrected chi connectivity index (χ3v) is 5.46. The number of carbonyl (C=O) groups is 3. The molecule has 1 atom stereocenters. The number of amides is 4. The van der Waals surface area contributed by atoms with Crippen molar-refractivity contribution in [2.45, 2.75) is 38.3 Å². The van der Waals surface area contributed by atoms with Crippen molar-refractivity contribution in [1.82, 2.24) is 15.1 Å². The highest BCUT2D eigenvalue weighted by atomic mass is 16.2. The minimum Gasteiger partial charge on any atom is -0.333 e. The molecule has 1 aromatic carbocycles. The number of nitrogens with zero attached hydrogens (tertiary/aromatic N) is 3. The van der Waals surface area contributed by atoms with Gasteiger partial charge in [-0.05, 0) is 31.9 Å². The van der Waals surface area contributed by atoms with E-state index >= 15 is 0 Å². The molecule has 1 N–H and O–H groups in total. The summed E-state index contributed by atoms with van der Waals surface area (Å²) in [5.74, 6) is -0.326. The highest BCUT2D eigenvalue weighted by Crippen LogP contribution is 2.30. The lowest BCUT2D eigenvalue weighted by Gasteiger charge is -2.40. The van der Waals surface area contributed by atoms with Crippen LogP contribution in [0.25, 0.3) is 0 Å². The number of carbonyl (C=O) groups excluding carboxylic acids is 3. The maximum Gasteiger partial charge on any atom is 0.328 e. The highest BCUT2D eigenvalue weighted by molar-refractivity contribution is 6.09. The molecule has 0 aromatic heterocycles. The van der Waals surface area contributed by atoms with Gasteiger partial charge in [0, 0.05) is 44.7 Å². The average molecular weight is 356 g/mol. The Balaban J connectivity index is 1.55. The summed E-state index contributed by atoms with van der Waals surface area (Å²) >= 11 is 0. The normalized spacial score (nSPS) is 24.6. The summed E-state index contributed by atoms with van der Waals surface area (Å²) in [5, 5.41) is 2.32. The summed E-state index contributed by atoms with van der Waals surface area (Å²) in [5.41, 5.74) is 1.09. The second-order valence-electron chi connectivity index (χ2n) is 7.35. The van der Waals surface area contributed by atoms with Crippen molar-refractivity contribution in [2.75, 3.05) is 31.1 Å². The highest BCUT2D eigenvalue weighted by Gasteiger charge is 2.36. The Kier molecular flexibility index (Phi) is 4.40. The van der Waals surface area contributed by atoms with Gasteiger partial charge in [-0.2, -0.15) is 0 Å². The van der Waals surface area contributed by atoms with Gasteiger partial charge in [0.25, 0.3) is 5.91 Å². The maximum absolute atomic E-state index is 13.2. The molecule has 1 aromatic rings. The molecule has 1 unspecified atom stereocenters. The Morgan fingerprint density at radius 2 is 1.88 bits per heavy atom. The van der Waals surface area contributed by atoms with Crippen molar-refractivity contribution in [3.8, 4) is 0 Å². The van der Waals surface area contributed by atoms with Gasteiger partial charge >= 0.3 is 6.03 Å². The van der Waals surface area contributed by atoms with Gasteiger partial charge in [0.1, 0.15) is 0 Å². The van der Waals surface area contributed by atoms with E-state index in [2.05, 4.69) is 17.1 Å². The number of hydrogen-bond donors (Lipinski definition) is 1. The van der Waals surface area contributed by atoms with Crippen LogP contribution < -0.4 is 10.2 Å². The fraction of sp³-hybridized carbons (Fsp3) is 0.526. The Bertz CT molecular complexity index is 746. The second kappa shape index (κ2) is 6.72. The van der Waals surface area contributed by atoms with Gasteiger partial charge in [0.05, 0.1) is 11.3 Å². The van der Waals surface area contributed by atoms with Gasteiger partial charge in [-0.25, -0.2) is 4.79 Å². The first kappa shape index (κ1) is 17.0. The number of nitrogens with one attached hydrogen (secondary N) is 1. The van der Waals surface area contributed by atoms with Gasteiger partial charge in [0.2, 0.25) is 5.91 Å². The van der Waals surface area contributed by atoms with E-state index in [9.17, 15) is 14.4 Å². The lowest BCUT2D eigenvalue weighted by molar-refractivity contribution is -0.120. The number of urea groups is 1. The molecule has 1 saturated carbocycles. The zero-order valence-corrected chi connectivity index (χ0v) is 15.0. The predicted octanol–water partition coefficient (Wildman–Crippen LogP) is 1.44. The number of imide groups is 1. The van der Waals surface area contributed by atoms with Crippen LogP contribution in [0.5, 0.6) is 0 Å². The lowest BCUT2D eigenvalue weighted by Crippen LogP contribution is -2.55. The summed E-state index contributed by atoms with van der Waals surface area (Å²) in [6.07, 6.45) is 2.78. The summed E-state index contributed by atoms with van der Waals surface area (Å²) in [6, 6.07) is 7.54. The molecule has 2 heterocycles. The number of benzene rings is 1. The smallest absolute Gasteiger partial charge is 0.328 e. The molecule has 1 aliphatic carbocycles. The SMILES string of the molecule is CC1CN(C2CC2)CCN1C(=O)c1ccccc1N1CCC(=O)NC1=O. The second-order valence-corrected chi connectivity index (χ2v) is 7.35. The van der Waals surface area contributed by atoms with Crippen molar-refractivity contribution >= 4 is 23.5 Å². The van der Waals surface area contributed by atoms with Crippen LogP contribution in [0, 0.1) is 0 Å². The van der Waals surface area contributed by atoms with Crippen LogP contribution in [0.1, 0.15) is 36.5 Å². The van der Waals surface area contributed by atoms with Crippen molar-refractivity contribution in [2.24, 2.45) is 0 Å². The minimum absolute atomic E-state index is 0.0479. The van der Waals surface area contributed by atoms with Crippen molar-refractivity contribution in [3.63, 3.8) is 0 Å². The molecule has 138 valence electrons. The van der Waals surface area contributed by atoms with E-state index in [1.165, 1.54) is 17.7 Å². The van der Waals surface area contributed by atoms with E-state index in [4.69, 9.17) is 0 Å². The van der Waals surface area contributed by atoms with Gasteiger partial charge in [0.15, 0.2) is 0 Å². The molecular weight excluding hydrogens is 332 g/mol. The zero-order chi connectivity index (χ0) is 18.3. The molecule has 26 heavy (non-hydrogen) atoms. The molecule has 2 aliphatic heterocycles. The fourth-order valence-corrected chi connectivity index (χ4v) is 3.90. The van der Waals surface area contributed by atoms with Gasteiger partial charge < -0.3 is 4.90 Å². The van der Waals surface area contributed by atoms with Crippen molar-refractivity contribution in [3.05, 3.63) is 29.8 Å². The predicted molar refractivity (Wildman–Crippen MR) is 97.0 cm³/mol. The first-order valence-electron chi connectivity index (χ1n) is 9.30. The molecule has 7 nitrogen and oxygen atoms in total. The summed E-state index contributed by atoms with van der Waals surface area (Å²) in [6.45, 7) is 4.88. The van der Waals surface area contributed by atoms with E-state index in [-0.39, 0.29) is 24.3 Å². The van der Waals surface area contributed by atoms with Crippen LogP contribution in [-0.4, -0.2) is 65.9 Å². The monoisotopic (exact) mass is 356 g/mol. The topological polar surface area (TPSA) is 73.0 Å². The van der Waals surface area contributed by atoms with E-state index in [0.29, 0.717) is 30.4 Å². The number of para-hydroxylation sites is 1. The molecule has 4 rings (SSSR count). The molecule has 3 fully saturated rings. The standard InChI is InChI=1S/C19H24N4O3/c1-13-12-21(14-6-7-14)10-11-22(13)18(25)15-4-2-3-5-16(15)23-9-8-17(24)20-19(23)26/h2-5,13-14H,6-12H2,1H3,(H,20,24,26). The molecular formula is C19H24N4O3. The van der Waals surface area contributed by atoms with Crippen LogP contribution in [-0.2, 0) is 4.79 Å². The Morgan fingerprint density at radius 3 is 2.58 bits per heavy atom. The van der Waals surface area contributed by atoms with Gasteiger partial charge in [-0.1, -0.05) is 12.1 Å². The van der Waals surface area contributed by atoms with E-state index in [0.717, 1.165) is 13.1 Å². The fourth-order valence-electron chi connectivity index (χ4n) is 3.90. The Hall–Kier alpha value is -2.41. The van der Waals surface area contributed by atoms with Gasteiger partial charge in [-0.15, -0.1) is 0 Å². The number of anilines is 1. The molecule has 7 heteroatoms. The van der Waals surface area contributed by atoms with E-state index in [1.807, 2.05) is 17.0 Å². The first-order valence-corrected chi connectivity index (χ1v) is 9.30. The third-order valence-electron chi connectivity index (χ3n) is 5.46. The van der Waals surface area contributed by atoms with Crippen molar-refractivity contribution in [1.29, 1.82) is 0 Å². The molecule has 3 aliphatic rings. The summed E-state index contributed by atoms with van der Waals surface area (Å²) < 4.78 is 0. The third kappa shape index (κ3) is 3.19. The van der Waals surface area contributed by atoms with Crippen LogP contribution in [0.2, 0.25) is 0 Å². The lowest BCUT2D eigenvalue weighted by atomic mass is 10.1. The van der Waals surface area contributed by atoms with Crippen LogP contribution in [0.3, 0.4) is 0 Å². The largest absolute Gasteiger partial charge is 0.333 e. The first-order chi connectivity index (χ1) is 12.5. The quantitative estimate of drug-likeness (QED) is 0.890. The number of hydrogen-bond acceptors (Lipinski definition) is 4. The molecule has 4 amide bonds. The van der Waals surface area contributed by atoms with Crippen molar-refractivity contribution < 1.29 is 14.4 Å². The maximum atomic E-state index is 13.2. The van der Waals surface area contributed by atoms with E-state index < -0.39 is 6.03 Å².